The minimum absolute atomic E-state index is 0.0654. The first kappa shape index (κ1) is 13.9. The van der Waals surface area contributed by atoms with Gasteiger partial charge in [0.15, 0.2) is 5.82 Å². The maximum atomic E-state index is 13.4. The Kier molecular flexibility index (Phi) is 4.12. The number of amides is 1. The first-order valence-corrected chi connectivity index (χ1v) is 6.60. The molecule has 1 amide bonds. The van der Waals surface area contributed by atoms with Crippen molar-refractivity contribution in [1.82, 2.24) is 10.3 Å². The first-order valence-electron chi connectivity index (χ1n) is 6.60. The predicted molar refractivity (Wildman–Crippen MR) is 67.7 cm³/mol. The van der Waals surface area contributed by atoms with E-state index in [2.05, 4.69) is 17.2 Å². The molecule has 1 saturated carbocycles. The second kappa shape index (κ2) is 5.63. The van der Waals surface area contributed by atoms with Crippen molar-refractivity contribution in [2.45, 2.75) is 39.0 Å². The molecule has 2 rings (SSSR count). The van der Waals surface area contributed by atoms with Crippen molar-refractivity contribution in [3.8, 4) is 0 Å². The molecule has 1 aromatic rings. The molecule has 1 aromatic heterocycles. The van der Waals surface area contributed by atoms with E-state index in [0.29, 0.717) is 6.54 Å². The van der Waals surface area contributed by atoms with E-state index in [9.17, 15) is 13.6 Å². The van der Waals surface area contributed by atoms with Gasteiger partial charge in [-0.15, -0.1) is 0 Å². The van der Waals surface area contributed by atoms with Crippen LogP contribution < -0.4 is 5.32 Å². The molecular formula is C14H18F2N2O. The van der Waals surface area contributed by atoms with Gasteiger partial charge in [-0.25, -0.2) is 9.37 Å². The Morgan fingerprint density at radius 3 is 2.74 bits per heavy atom. The fraction of sp³-hybridized carbons (Fsp3) is 0.571. The Balaban J connectivity index is 1.99. The Bertz CT molecular complexity index is 471. The highest BCUT2D eigenvalue weighted by molar-refractivity contribution is 5.94. The zero-order valence-corrected chi connectivity index (χ0v) is 11.0. The summed E-state index contributed by atoms with van der Waals surface area (Å²) in [5.74, 6) is -3.00. The second-order valence-corrected chi connectivity index (χ2v) is 5.52. The molecule has 1 N–H and O–H groups in total. The molecular weight excluding hydrogens is 250 g/mol. The normalized spacial score (nSPS) is 18.1. The van der Waals surface area contributed by atoms with E-state index in [4.69, 9.17) is 0 Å². The number of aromatic nitrogens is 1. The molecule has 0 radical (unpaired) electrons. The zero-order valence-electron chi connectivity index (χ0n) is 11.0. The number of rotatable bonds is 3. The summed E-state index contributed by atoms with van der Waals surface area (Å²) in [6.45, 7) is 2.62. The number of halogens is 2. The molecule has 104 valence electrons. The van der Waals surface area contributed by atoms with Crippen LogP contribution in [0.1, 0.15) is 49.4 Å². The van der Waals surface area contributed by atoms with Gasteiger partial charge in [-0.2, -0.15) is 4.39 Å². The van der Waals surface area contributed by atoms with Gasteiger partial charge in [0.25, 0.3) is 5.91 Å². The van der Waals surface area contributed by atoms with E-state index < -0.39 is 17.7 Å². The van der Waals surface area contributed by atoms with Gasteiger partial charge < -0.3 is 5.32 Å². The largest absolute Gasteiger partial charge is 0.351 e. The number of pyridine rings is 1. The molecule has 1 fully saturated rings. The van der Waals surface area contributed by atoms with Crippen molar-refractivity contribution in [3.63, 3.8) is 0 Å². The molecule has 1 aliphatic carbocycles. The van der Waals surface area contributed by atoms with Gasteiger partial charge in [0, 0.05) is 12.7 Å². The molecule has 0 aliphatic heterocycles. The molecule has 0 saturated heterocycles. The standard InChI is InChI=1S/C14H18F2N2O/c1-14(6-3-2-4-7-14)9-18-13(19)10-5-8-17-12(16)11(10)15/h5,8H,2-4,6-7,9H2,1H3,(H,18,19). The summed E-state index contributed by atoms with van der Waals surface area (Å²) in [5.41, 5.74) is -0.220. The van der Waals surface area contributed by atoms with Crippen LogP contribution in [0.4, 0.5) is 8.78 Å². The van der Waals surface area contributed by atoms with Gasteiger partial charge >= 0.3 is 0 Å². The highest BCUT2D eigenvalue weighted by Gasteiger charge is 2.27. The van der Waals surface area contributed by atoms with Gasteiger partial charge in [0.2, 0.25) is 5.95 Å². The van der Waals surface area contributed by atoms with E-state index >= 15 is 0 Å². The van der Waals surface area contributed by atoms with Gasteiger partial charge in [-0.3, -0.25) is 4.79 Å². The minimum Gasteiger partial charge on any atom is -0.351 e. The lowest BCUT2D eigenvalue weighted by atomic mass is 9.76. The predicted octanol–water partition coefficient (Wildman–Crippen LogP) is 3.06. The molecule has 0 spiro atoms. The van der Waals surface area contributed by atoms with Crippen molar-refractivity contribution in [3.05, 3.63) is 29.6 Å². The third-order valence-electron chi connectivity index (χ3n) is 3.83. The Labute approximate surface area is 111 Å². The van der Waals surface area contributed by atoms with Crippen molar-refractivity contribution in [1.29, 1.82) is 0 Å². The molecule has 1 aliphatic rings. The van der Waals surface area contributed by atoms with Gasteiger partial charge in [-0.1, -0.05) is 26.2 Å². The van der Waals surface area contributed by atoms with E-state index in [-0.39, 0.29) is 11.0 Å². The molecule has 0 aromatic carbocycles. The monoisotopic (exact) mass is 268 g/mol. The van der Waals surface area contributed by atoms with Crippen LogP contribution in [0.25, 0.3) is 0 Å². The Morgan fingerprint density at radius 1 is 1.37 bits per heavy atom. The number of carbonyl (C=O) groups excluding carboxylic acids is 1. The van der Waals surface area contributed by atoms with Crippen molar-refractivity contribution in [2.75, 3.05) is 6.54 Å². The van der Waals surface area contributed by atoms with Crippen LogP contribution in [0, 0.1) is 17.2 Å². The highest BCUT2D eigenvalue weighted by Crippen LogP contribution is 2.34. The molecule has 3 nitrogen and oxygen atoms in total. The summed E-state index contributed by atoms with van der Waals surface area (Å²) >= 11 is 0. The Morgan fingerprint density at radius 2 is 2.05 bits per heavy atom. The van der Waals surface area contributed by atoms with Crippen LogP contribution in [0.15, 0.2) is 12.3 Å². The van der Waals surface area contributed by atoms with Crippen molar-refractivity contribution in [2.24, 2.45) is 5.41 Å². The SMILES string of the molecule is CC1(CNC(=O)c2ccnc(F)c2F)CCCCC1. The summed E-state index contributed by atoms with van der Waals surface area (Å²) in [6, 6.07) is 1.19. The first-order chi connectivity index (χ1) is 9.02. The number of hydrogen-bond donors (Lipinski definition) is 1. The maximum Gasteiger partial charge on any atom is 0.254 e. The molecule has 0 atom stereocenters. The van der Waals surface area contributed by atoms with Crippen LogP contribution in [0.2, 0.25) is 0 Å². The second-order valence-electron chi connectivity index (χ2n) is 5.52. The average Bonchev–Trinajstić information content (AvgIpc) is 2.40. The third kappa shape index (κ3) is 3.28. The maximum absolute atomic E-state index is 13.4. The Hall–Kier alpha value is -1.52. The van der Waals surface area contributed by atoms with Gasteiger partial charge in [0.1, 0.15) is 0 Å². The van der Waals surface area contributed by atoms with Crippen LogP contribution in [0.3, 0.4) is 0 Å². The lowest BCUT2D eigenvalue weighted by Crippen LogP contribution is -2.37. The molecule has 19 heavy (non-hydrogen) atoms. The fourth-order valence-electron chi connectivity index (χ4n) is 2.56. The number of hydrogen-bond acceptors (Lipinski definition) is 2. The molecule has 5 heteroatoms. The topological polar surface area (TPSA) is 42.0 Å². The van der Waals surface area contributed by atoms with E-state index in [0.717, 1.165) is 31.9 Å². The smallest absolute Gasteiger partial charge is 0.254 e. The number of carbonyl (C=O) groups is 1. The van der Waals surface area contributed by atoms with Crippen LogP contribution in [-0.4, -0.2) is 17.4 Å². The lowest BCUT2D eigenvalue weighted by molar-refractivity contribution is 0.0913. The van der Waals surface area contributed by atoms with Crippen molar-refractivity contribution >= 4 is 5.91 Å². The molecule has 1 heterocycles. The summed E-state index contributed by atoms with van der Waals surface area (Å²) < 4.78 is 26.4. The van der Waals surface area contributed by atoms with Crippen LogP contribution in [0.5, 0.6) is 0 Å². The van der Waals surface area contributed by atoms with E-state index in [1.165, 1.54) is 12.5 Å². The van der Waals surface area contributed by atoms with Crippen LogP contribution >= 0.6 is 0 Å². The minimum atomic E-state index is -1.24. The zero-order chi connectivity index (χ0) is 13.9. The van der Waals surface area contributed by atoms with Crippen molar-refractivity contribution < 1.29 is 13.6 Å². The fourth-order valence-corrected chi connectivity index (χ4v) is 2.56. The summed E-state index contributed by atoms with van der Waals surface area (Å²) in [5, 5.41) is 2.70. The summed E-state index contributed by atoms with van der Waals surface area (Å²) in [7, 11) is 0. The molecule has 0 bridgehead atoms. The lowest BCUT2D eigenvalue weighted by Gasteiger charge is -2.33. The number of nitrogens with one attached hydrogen (secondary N) is 1. The summed E-state index contributed by atoms with van der Waals surface area (Å²) in [6.07, 6.45) is 6.75. The van der Waals surface area contributed by atoms with Gasteiger partial charge in [0.05, 0.1) is 5.56 Å². The van der Waals surface area contributed by atoms with Crippen LogP contribution in [-0.2, 0) is 0 Å². The highest BCUT2D eigenvalue weighted by atomic mass is 19.2. The van der Waals surface area contributed by atoms with E-state index in [1.54, 1.807) is 0 Å². The van der Waals surface area contributed by atoms with Gasteiger partial charge in [-0.05, 0) is 24.3 Å². The quantitative estimate of drug-likeness (QED) is 0.856. The van der Waals surface area contributed by atoms with E-state index in [1.807, 2.05) is 0 Å². The number of nitrogens with zero attached hydrogens (tertiary/aromatic N) is 1. The molecule has 0 unspecified atom stereocenters. The third-order valence-corrected chi connectivity index (χ3v) is 3.83. The summed E-state index contributed by atoms with van der Waals surface area (Å²) in [4.78, 5) is 15.0. The average molecular weight is 268 g/mol.